The summed E-state index contributed by atoms with van der Waals surface area (Å²) in [4.78, 5) is 15.5. The summed E-state index contributed by atoms with van der Waals surface area (Å²) in [6, 6.07) is 6.41. The summed E-state index contributed by atoms with van der Waals surface area (Å²) in [5.41, 5.74) is 1.89. The quantitative estimate of drug-likeness (QED) is 0.731. The number of hydrogen-bond donors (Lipinski definition) is 0. The van der Waals surface area contributed by atoms with Gasteiger partial charge in [0, 0.05) is 26.2 Å². The van der Waals surface area contributed by atoms with Gasteiger partial charge in [-0.15, -0.1) is 0 Å². The molecule has 1 saturated heterocycles. The first-order valence-electron chi connectivity index (χ1n) is 7.69. The number of aldehydes is 1. The molecule has 7 heteroatoms. The number of carbonyl (C=O) groups is 1. The molecule has 4 nitrogen and oxygen atoms in total. The molecule has 2 aromatic rings. The minimum Gasteiger partial charge on any atom is -0.368 e. The van der Waals surface area contributed by atoms with Gasteiger partial charge in [-0.1, -0.05) is 11.6 Å². The number of anilines is 1. The van der Waals surface area contributed by atoms with Crippen LogP contribution >= 0.6 is 22.9 Å². The van der Waals surface area contributed by atoms with Crippen LogP contribution in [0.15, 0.2) is 35.0 Å². The number of rotatable bonds is 6. The van der Waals surface area contributed by atoms with Gasteiger partial charge in [-0.3, -0.25) is 9.69 Å². The number of hydrogen-bond acceptors (Lipinski definition) is 5. The summed E-state index contributed by atoms with van der Waals surface area (Å²) in [6.45, 7) is 3.20. The molecular formula is C17H18ClFN2O2S. The third-order valence-electron chi connectivity index (χ3n) is 4.04. The van der Waals surface area contributed by atoms with Crippen molar-refractivity contribution in [1.82, 2.24) is 4.90 Å². The van der Waals surface area contributed by atoms with E-state index >= 15 is 0 Å². The highest BCUT2D eigenvalue weighted by atomic mass is 35.5. The third-order valence-corrected chi connectivity index (χ3v) is 5.08. The molecule has 0 radical (unpaired) electrons. The smallest absolute Gasteiger partial charge is 0.167 e. The second kappa shape index (κ2) is 8.07. The van der Waals surface area contributed by atoms with E-state index in [1.54, 1.807) is 17.4 Å². The van der Waals surface area contributed by atoms with Crippen molar-refractivity contribution in [3.8, 4) is 0 Å². The molecule has 24 heavy (non-hydrogen) atoms. The van der Waals surface area contributed by atoms with Crippen LogP contribution in [-0.2, 0) is 16.1 Å². The molecule has 2 heterocycles. The standard InChI is InChI=1S/C17H18ClFN2O2S/c18-15-9-14(19)1-2-16(15)20-4-6-21(7-5-20)17(10-22)23-11-13-3-8-24-12-13/h1-3,8-10,12,17H,4-7,11H2. The Balaban J connectivity index is 1.56. The van der Waals surface area contributed by atoms with Crippen LogP contribution in [0.1, 0.15) is 5.56 Å². The van der Waals surface area contributed by atoms with Gasteiger partial charge in [-0.25, -0.2) is 4.39 Å². The molecule has 1 fully saturated rings. The average molecular weight is 369 g/mol. The van der Waals surface area contributed by atoms with Crippen LogP contribution in [-0.4, -0.2) is 43.6 Å². The molecule has 1 unspecified atom stereocenters. The monoisotopic (exact) mass is 368 g/mol. The van der Waals surface area contributed by atoms with Crippen molar-refractivity contribution < 1.29 is 13.9 Å². The van der Waals surface area contributed by atoms with Gasteiger partial charge in [-0.2, -0.15) is 11.3 Å². The molecule has 1 aromatic heterocycles. The Hall–Kier alpha value is -1.47. The van der Waals surface area contributed by atoms with Crippen LogP contribution < -0.4 is 4.90 Å². The first-order chi connectivity index (χ1) is 11.7. The summed E-state index contributed by atoms with van der Waals surface area (Å²) in [5.74, 6) is -0.342. The van der Waals surface area contributed by atoms with E-state index in [4.69, 9.17) is 16.3 Å². The lowest BCUT2D eigenvalue weighted by molar-refractivity contribution is -0.133. The van der Waals surface area contributed by atoms with Crippen molar-refractivity contribution >= 4 is 34.9 Å². The first-order valence-corrected chi connectivity index (χ1v) is 9.01. The van der Waals surface area contributed by atoms with Gasteiger partial charge in [0.15, 0.2) is 12.5 Å². The van der Waals surface area contributed by atoms with Crippen LogP contribution in [0.2, 0.25) is 5.02 Å². The largest absolute Gasteiger partial charge is 0.368 e. The van der Waals surface area contributed by atoms with Crippen LogP contribution in [0.5, 0.6) is 0 Å². The van der Waals surface area contributed by atoms with Crippen LogP contribution in [0.3, 0.4) is 0 Å². The van der Waals surface area contributed by atoms with E-state index in [2.05, 4.69) is 4.90 Å². The minimum absolute atomic E-state index is 0.342. The highest BCUT2D eigenvalue weighted by molar-refractivity contribution is 7.07. The summed E-state index contributed by atoms with van der Waals surface area (Å²) < 4.78 is 18.9. The van der Waals surface area contributed by atoms with Gasteiger partial charge >= 0.3 is 0 Å². The molecule has 1 aliphatic heterocycles. The Morgan fingerprint density at radius 2 is 2.08 bits per heavy atom. The zero-order valence-corrected chi connectivity index (χ0v) is 14.6. The van der Waals surface area contributed by atoms with Crippen molar-refractivity contribution in [3.63, 3.8) is 0 Å². The van der Waals surface area contributed by atoms with Crippen molar-refractivity contribution in [2.45, 2.75) is 12.8 Å². The molecule has 0 bridgehead atoms. The highest BCUT2D eigenvalue weighted by Gasteiger charge is 2.25. The summed E-state index contributed by atoms with van der Waals surface area (Å²) in [6.07, 6.45) is 0.295. The Kier molecular flexibility index (Phi) is 5.84. The van der Waals surface area contributed by atoms with Crippen molar-refractivity contribution in [1.29, 1.82) is 0 Å². The second-order valence-corrected chi connectivity index (χ2v) is 6.78. The van der Waals surface area contributed by atoms with Crippen LogP contribution in [0.25, 0.3) is 0 Å². The maximum absolute atomic E-state index is 13.2. The van der Waals surface area contributed by atoms with E-state index in [0.717, 1.165) is 17.5 Å². The lowest BCUT2D eigenvalue weighted by Crippen LogP contribution is -2.51. The minimum atomic E-state index is -0.546. The molecule has 128 valence electrons. The van der Waals surface area contributed by atoms with Gasteiger partial charge in [0.2, 0.25) is 0 Å². The summed E-state index contributed by atoms with van der Waals surface area (Å²) >= 11 is 7.73. The van der Waals surface area contributed by atoms with E-state index in [-0.39, 0.29) is 5.82 Å². The fourth-order valence-electron chi connectivity index (χ4n) is 2.74. The Labute approximate surface area is 149 Å². The lowest BCUT2D eigenvalue weighted by Gasteiger charge is -2.38. The predicted molar refractivity (Wildman–Crippen MR) is 94.2 cm³/mol. The number of carbonyl (C=O) groups excluding carboxylic acids is 1. The Morgan fingerprint density at radius 3 is 2.71 bits per heavy atom. The maximum Gasteiger partial charge on any atom is 0.167 e. The maximum atomic E-state index is 13.2. The molecule has 1 aromatic carbocycles. The Bertz CT molecular complexity index is 675. The molecule has 0 saturated carbocycles. The van der Waals surface area contributed by atoms with Gasteiger partial charge < -0.3 is 9.64 Å². The van der Waals surface area contributed by atoms with Crippen LogP contribution in [0.4, 0.5) is 10.1 Å². The zero-order valence-electron chi connectivity index (χ0n) is 13.0. The number of thiophene rings is 1. The van der Waals surface area contributed by atoms with E-state index in [1.807, 2.05) is 21.7 Å². The number of benzene rings is 1. The van der Waals surface area contributed by atoms with E-state index < -0.39 is 6.23 Å². The number of piperazine rings is 1. The third kappa shape index (κ3) is 4.13. The normalized spacial score (nSPS) is 17.0. The topological polar surface area (TPSA) is 32.8 Å². The van der Waals surface area contributed by atoms with Crippen molar-refractivity contribution in [2.75, 3.05) is 31.1 Å². The van der Waals surface area contributed by atoms with E-state index in [9.17, 15) is 9.18 Å². The zero-order chi connectivity index (χ0) is 16.9. The highest BCUT2D eigenvalue weighted by Crippen LogP contribution is 2.27. The van der Waals surface area contributed by atoms with Gasteiger partial charge in [0.25, 0.3) is 0 Å². The molecule has 0 spiro atoms. The number of nitrogens with zero attached hydrogens (tertiary/aromatic N) is 2. The predicted octanol–water partition coefficient (Wildman–Crippen LogP) is 3.40. The van der Waals surface area contributed by atoms with E-state index in [1.165, 1.54) is 12.1 Å². The number of halogens is 2. The molecule has 1 aliphatic rings. The first kappa shape index (κ1) is 17.4. The molecule has 0 N–H and O–H groups in total. The summed E-state index contributed by atoms with van der Waals surface area (Å²) in [7, 11) is 0. The Morgan fingerprint density at radius 1 is 1.29 bits per heavy atom. The molecule has 0 amide bonds. The SMILES string of the molecule is O=CC(OCc1ccsc1)N1CCN(c2ccc(F)cc2Cl)CC1. The van der Waals surface area contributed by atoms with Gasteiger partial charge in [-0.05, 0) is 40.6 Å². The lowest BCUT2D eigenvalue weighted by atomic mass is 10.2. The second-order valence-electron chi connectivity index (χ2n) is 5.59. The van der Waals surface area contributed by atoms with Crippen molar-refractivity contribution in [3.05, 3.63) is 51.4 Å². The van der Waals surface area contributed by atoms with Gasteiger partial charge in [0.05, 0.1) is 17.3 Å². The van der Waals surface area contributed by atoms with Gasteiger partial charge in [0.1, 0.15) is 5.82 Å². The molecule has 3 rings (SSSR count). The summed E-state index contributed by atoms with van der Waals surface area (Å²) in [5, 5.41) is 4.40. The van der Waals surface area contributed by atoms with Crippen LogP contribution in [0, 0.1) is 5.82 Å². The van der Waals surface area contributed by atoms with Crippen molar-refractivity contribution in [2.24, 2.45) is 0 Å². The number of ether oxygens (including phenoxy) is 1. The fourth-order valence-corrected chi connectivity index (χ4v) is 3.68. The van der Waals surface area contributed by atoms with E-state index in [0.29, 0.717) is 37.8 Å². The molecule has 0 aliphatic carbocycles. The molecule has 1 atom stereocenters. The molecular weight excluding hydrogens is 351 g/mol. The fraction of sp³-hybridized carbons (Fsp3) is 0.353. The average Bonchev–Trinajstić information content (AvgIpc) is 3.10.